The second-order valence-corrected chi connectivity index (χ2v) is 7.14. The molecule has 0 saturated carbocycles. The average Bonchev–Trinajstić information content (AvgIpc) is 3.32. The molecule has 2 aliphatic rings. The molecule has 0 unspecified atom stereocenters. The van der Waals surface area contributed by atoms with Gasteiger partial charge in [-0.3, -0.25) is 14.7 Å². The van der Waals surface area contributed by atoms with Gasteiger partial charge in [-0.25, -0.2) is 0 Å². The molecule has 6 heteroatoms. The van der Waals surface area contributed by atoms with E-state index in [0.717, 1.165) is 63.6 Å². The molecule has 4 rings (SSSR count). The van der Waals surface area contributed by atoms with Crippen molar-refractivity contribution in [3.05, 3.63) is 53.6 Å². The minimum absolute atomic E-state index is 0.0786. The molecule has 0 spiro atoms. The molecule has 2 fully saturated rings. The number of carbonyl (C=O) groups excluding carboxylic acids is 1. The van der Waals surface area contributed by atoms with Crippen LogP contribution in [0.5, 0.6) is 0 Å². The molecule has 26 heavy (non-hydrogen) atoms. The van der Waals surface area contributed by atoms with Crippen LogP contribution in [-0.4, -0.2) is 58.1 Å². The van der Waals surface area contributed by atoms with Crippen molar-refractivity contribution in [1.29, 1.82) is 0 Å². The number of nitrogens with zero attached hydrogens (tertiary/aromatic N) is 4. The molecule has 1 amide bonds. The van der Waals surface area contributed by atoms with E-state index in [4.69, 9.17) is 9.72 Å². The van der Waals surface area contributed by atoms with Gasteiger partial charge in [0.1, 0.15) is 5.69 Å². The highest BCUT2D eigenvalue weighted by atomic mass is 16.5. The van der Waals surface area contributed by atoms with E-state index in [-0.39, 0.29) is 11.9 Å². The van der Waals surface area contributed by atoms with Gasteiger partial charge in [0.25, 0.3) is 5.91 Å². The average molecular weight is 354 g/mol. The number of aryl methyl sites for hydroxylation is 1. The minimum atomic E-state index is 0.0786. The smallest absolute Gasteiger partial charge is 0.271 e. The van der Waals surface area contributed by atoms with Crippen molar-refractivity contribution >= 4 is 5.91 Å². The lowest BCUT2D eigenvalue weighted by Crippen LogP contribution is -2.35. The van der Waals surface area contributed by atoms with Crippen molar-refractivity contribution in [3.8, 4) is 0 Å². The summed E-state index contributed by atoms with van der Waals surface area (Å²) in [5, 5.41) is 0. The SMILES string of the molecule is Cn1cccc1C(=O)N1CCC[C@H]1c1ccc(CN2CCOCC2)cn1. The number of ether oxygens (including phenoxy) is 1. The van der Waals surface area contributed by atoms with Crippen molar-refractivity contribution in [2.24, 2.45) is 7.05 Å². The fourth-order valence-electron chi connectivity index (χ4n) is 3.89. The predicted octanol–water partition coefficient (Wildman–Crippen LogP) is 2.23. The lowest BCUT2D eigenvalue weighted by molar-refractivity contribution is 0.0341. The van der Waals surface area contributed by atoms with E-state index in [1.54, 1.807) is 0 Å². The Morgan fingerprint density at radius 3 is 2.77 bits per heavy atom. The Morgan fingerprint density at radius 2 is 2.08 bits per heavy atom. The molecule has 2 aromatic heterocycles. The molecule has 0 aromatic carbocycles. The highest BCUT2D eigenvalue weighted by Crippen LogP contribution is 2.32. The predicted molar refractivity (Wildman–Crippen MR) is 98.8 cm³/mol. The van der Waals surface area contributed by atoms with Gasteiger partial charge in [-0.15, -0.1) is 0 Å². The monoisotopic (exact) mass is 354 g/mol. The number of aromatic nitrogens is 2. The Labute approximate surface area is 154 Å². The first-order valence-electron chi connectivity index (χ1n) is 9.39. The maximum atomic E-state index is 12.9. The number of morpholine rings is 1. The van der Waals surface area contributed by atoms with Crippen molar-refractivity contribution in [2.45, 2.75) is 25.4 Å². The summed E-state index contributed by atoms with van der Waals surface area (Å²) in [5.41, 5.74) is 2.95. The molecule has 0 radical (unpaired) electrons. The number of hydrogen-bond acceptors (Lipinski definition) is 4. The zero-order chi connectivity index (χ0) is 17.9. The topological polar surface area (TPSA) is 50.6 Å². The molecule has 0 bridgehead atoms. The van der Waals surface area contributed by atoms with Crippen LogP contribution >= 0.6 is 0 Å². The van der Waals surface area contributed by atoms with Crippen molar-refractivity contribution in [1.82, 2.24) is 19.4 Å². The molecular weight excluding hydrogens is 328 g/mol. The Hall–Kier alpha value is -2.18. The summed E-state index contributed by atoms with van der Waals surface area (Å²) in [6, 6.07) is 8.13. The summed E-state index contributed by atoms with van der Waals surface area (Å²) in [6.45, 7) is 5.28. The first kappa shape index (κ1) is 17.2. The molecule has 0 aliphatic carbocycles. The lowest BCUT2D eigenvalue weighted by atomic mass is 10.1. The third-order valence-corrected chi connectivity index (χ3v) is 5.38. The molecule has 138 valence electrons. The minimum Gasteiger partial charge on any atom is -0.379 e. The highest BCUT2D eigenvalue weighted by Gasteiger charge is 2.32. The van der Waals surface area contributed by atoms with Gasteiger partial charge in [0.05, 0.1) is 24.9 Å². The second kappa shape index (κ2) is 7.60. The van der Waals surface area contributed by atoms with Crippen LogP contribution in [0, 0.1) is 0 Å². The quantitative estimate of drug-likeness (QED) is 0.845. The first-order valence-corrected chi connectivity index (χ1v) is 9.39. The molecule has 6 nitrogen and oxygen atoms in total. The lowest BCUT2D eigenvalue weighted by Gasteiger charge is -2.27. The maximum Gasteiger partial charge on any atom is 0.271 e. The van der Waals surface area contributed by atoms with Gasteiger partial charge in [-0.05, 0) is 36.6 Å². The summed E-state index contributed by atoms with van der Waals surface area (Å²) >= 11 is 0. The molecule has 4 heterocycles. The van der Waals surface area contributed by atoms with Crippen LogP contribution in [0.25, 0.3) is 0 Å². The summed E-state index contributed by atoms with van der Waals surface area (Å²) in [4.78, 5) is 22.0. The van der Waals surface area contributed by atoms with E-state index in [1.165, 1.54) is 5.56 Å². The maximum absolute atomic E-state index is 12.9. The Bertz CT molecular complexity index is 749. The standard InChI is InChI=1S/C20H26N4O2/c1-22-8-2-5-19(22)20(25)24-9-3-4-18(24)17-7-6-16(14-21-17)15-23-10-12-26-13-11-23/h2,5-8,14,18H,3-4,9-13,15H2,1H3/t18-/m0/s1. The molecule has 1 atom stereocenters. The Morgan fingerprint density at radius 1 is 1.23 bits per heavy atom. The largest absolute Gasteiger partial charge is 0.379 e. The van der Waals surface area contributed by atoms with Gasteiger partial charge in [0.2, 0.25) is 0 Å². The normalized spacial score (nSPS) is 21.3. The third kappa shape index (κ3) is 3.52. The van der Waals surface area contributed by atoms with Gasteiger partial charge >= 0.3 is 0 Å². The number of carbonyl (C=O) groups is 1. The van der Waals surface area contributed by atoms with E-state index < -0.39 is 0 Å². The summed E-state index contributed by atoms with van der Waals surface area (Å²) < 4.78 is 7.29. The summed E-state index contributed by atoms with van der Waals surface area (Å²) in [6.07, 6.45) is 5.88. The summed E-state index contributed by atoms with van der Waals surface area (Å²) in [5.74, 6) is 0.0965. The number of amides is 1. The first-order chi connectivity index (χ1) is 12.7. The number of rotatable bonds is 4. The van der Waals surface area contributed by atoms with Crippen LogP contribution in [0.3, 0.4) is 0 Å². The Balaban J connectivity index is 1.46. The highest BCUT2D eigenvalue weighted by molar-refractivity contribution is 5.93. The fraction of sp³-hybridized carbons (Fsp3) is 0.500. The number of likely N-dealkylation sites (tertiary alicyclic amines) is 1. The van der Waals surface area contributed by atoms with Crippen LogP contribution in [0.4, 0.5) is 0 Å². The zero-order valence-electron chi connectivity index (χ0n) is 15.3. The number of hydrogen-bond donors (Lipinski definition) is 0. The van der Waals surface area contributed by atoms with Gasteiger partial charge in [-0.2, -0.15) is 0 Å². The molecule has 2 aromatic rings. The van der Waals surface area contributed by atoms with Crippen LogP contribution < -0.4 is 0 Å². The van der Waals surface area contributed by atoms with Gasteiger partial charge in [0.15, 0.2) is 0 Å². The molecule has 2 saturated heterocycles. The fourth-order valence-corrected chi connectivity index (χ4v) is 3.89. The third-order valence-electron chi connectivity index (χ3n) is 5.38. The van der Waals surface area contributed by atoms with Gasteiger partial charge < -0.3 is 14.2 Å². The second-order valence-electron chi connectivity index (χ2n) is 7.14. The van der Waals surface area contributed by atoms with Gasteiger partial charge in [-0.1, -0.05) is 6.07 Å². The zero-order valence-corrected chi connectivity index (χ0v) is 15.3. The molecule has 0 N–H and O–H groups in total. The Kier molecular flexibility index (Phi) is 5.04. The van der Waals surface area contributed by atoms with Crippen LogP contribution in [-0.2, 0) is 18.3 Å². The molecule has 2 aliphatic heterocycles. The van der Waals surface area contributed by atoms with Crippen molar-refractivity contribution in [2.75, 3.05) is 32.8 Å². The van der Waals surface area contributed by atoms with Crippen LogP contribution in [0.1, 0.15) is 40.6 Å². The molecular formula is C20H26N4O2. The van der Waals surface area contributed by atoms with Crippen LogP contribution in [0.2, 0.25) is 0 Å². The van der Waals surface area contributed by atoms with E-state index in [9.17, 15) is 4.79 Å². The van der Waals surface area contributed by atoms with Crippen LogP contribution in [0.15, 0.2) is 36.7 Å². The van der Waals surface area contributed by atoms with Crippen molar-refractivity contribution in [3.63, 3.8) is 0 Å². The summed E-state index contributed by atoms with van der Waals surface area (Å²) in [7, 11) is 1.91. The van der Waals surface area contributed by atoms with E-state index in [0.29, 0.717) is 0 Å². The van der Waals surface area contributed by atoms with E-state index >= 15 is 0 Å². The van der Waals surface area contributed by atoms with E-state index in [2.05, 4.69) is 17.0 Å². The van der Waals surface area contributed by atoms with Crippen molar-refractivity contribution < 1.29 is 9.53 Å². The number of pyridine rings is 1. The van der Waals surface area contributed by atoms with Gasteiger partial charge in [0, 0.05) is 45.6 Å². The van der Waals surface area contributed by atoms with E-state index in [1.807, 2.05) is 41.0 Å².